The van der Waals surface area contributed by atoms with Crippen LogP contribution in [-0.2, 0) is 17.5 Å². The predicted molar refractivity (Wildman–Crippen MR) is 135 cm³/mol. The Morgan fingerprint density at radius 2 is 1.74 bits per heavy atom. The molecule has 0 radical (unpaired) electrons. The van der Waals surface area contributed by atoms with Crippen LogP contribution in [0.25, 0.3) is 5.69 Å². The maximum atomic E-state index is 14.7. The van der Waals surface area contributed by atoms with Gasteiger partial charge in [-0.2, -0.15) is 18.3 Å². The molecule has 0 bridgehead atoms. The van der Waals surface area contributed by atoms with Gasteiger partial charge in [-0.05, 0) is 61.0 Å². The molecule has 0 fully saturated rings. The molecule has 1 heterocycles. The molecule has 3 aromatic carbocycles. The largest absolute Gasteiger partial charge is 0.435 e. The van der Waals surface area contributed by atoms with Crippen molar-refractivity contribution in [2.75, 3.05) is 5.32 Å². The van der Waals surface area contributed by atoms with Crippen molar-refractivity contribution < 1.29 is 27.2 Å². The summed E-state index contributed by atoms with van der Waals surface area (Å²) in [7, 11) is 0. The number of carbonyl (C=O) groups excluding carboxylic acids is 2. The molecule has 0 saturated heterocycles. The number of amides is 2. The zero-order valence-electron chi connectivity index (χ0n) is 19.9. The Balaban J connectivity index is 1.48. The van der Waals surface area contributed by atoms with E-state index in [1.54, 1.807) is 42.5 Å². The Hall–Kier alpha value is -4.18. The van der Waals surface area contributed by atoms with Crippen molar-refractivity contribution in [1.82, 2.24) is 15.1 Å². The van der Waals surface area contributed by atoms with Crippen molar-refractivity contribution in [3.05, 3.63) is 112 Å². The van der Waals surface area contributed by atoms with Gasteiger partial charge in [0.05, 0.1) is 29.4 Å². The minimum atomic E-state index is -4.69. The zero-order chi connectivity index (χ0) is 27.4. The highest BCUT2D eigenvalue weighted by atomic mass is 35.5. The van der Waals surface area contributed by atoms with Gasteiger partial charge in [0.15, 0.2) is 5.69 Å². The fraction of sp³-hybridized carbons (Fsp3) is 0.148. The highest BCUT2D eigenvalue weighted by Gasteiger charge is 2.35. The van der Waals surface area contributed by atoms with Gasteiger partial charge in [0, 0.05) is 10.7 Å². The summed E-state index contributed by atoms with van der Waals surface area (Å²) in [6.45, 7) is 1.24. The summed E-state index contributed by atoms with van der Waals surface area (Å²) in [5.74, 6) is -2.88. The van der Waals surface area contributed by atoms with Crippen molar-refractivity contribution in [3.63, 3.8) is 0 Å². The normalized spacial score (nSPS) is 12.2. The maximum Gasteiger partial charge on any atom is 0.435 e. The number of hydrogen-bond donors (Lipinski definition) is 2. The molecule has 0 aliphatic carbocycles. The fourth-order valence-electron chi connectivity index (χ4n) is 3.70. The number of nitrogens with zero attached hydrogens (tertiary/aromatic N) is 2. The van der Waals surface area contributed by atoms with Gasteiger partial charge in [0.1, 0.15) is 5.82 Å². The minimum absolute atomic E-state index is 0.0688. The number of aromatic nitrogens is 2. The van der Waals surface area contributed by atoms with E-state index in [0.717, 1.165) is 16.8 Å². The predicted octanol–water partition coefficient (Wildman–Crippen LogP) is 6.36. The summed E-state index contributed by atoms with van der Waals surface area (Å²) in [6.07, 6.45) is -4.69. The number of nitrogens with one attached hydrogen (secondary N) is 2. The lowest BCUT2D eigenvalue weighted by atomic mass is 9.98. The van der Waals surface area contributed by atoms with Crippen molar-refractivity contribution in [2.45, 2.75) is 25.6 Å². The molecule has 1 atom stereocenters. The molecule has 4 rings (SSSR count). The summed E-state index contributed by atoms with van der Waals surface area (Å²) in [5.41, 5.74) is -0.178. The Labute approximate surface area is 220 Å². The molecule has 0 aliphatic rings. The maximum absolute atomic E-state index is 14.7. The van der Waals surface area contributed by atoms with E-state index in [1.165, 1.54) is 31.2 Å². The van der Waals surface area contributed by atoms with E-state index in [2.05, 4.69) is 15.7 Å². The smallest absolute Gasteiger partial charge is 0.350 e. The van der Waals surface area contributed by atoms with Crippen molar-refractivity contribution >= 4 is 29.1 Å². The van der Waals surface area contributed by atoms with Gasteiger partial charge < -0.3 is 10.6 Å². The molecular formula is C27H21ClF4N4O2. The molecule has 196 valence electrons. The lowest BCUT2D eigenvalue weighted by Gasteiger charge is -2.15. The molecular weight excluding hydrogens is 524 g/mol. The number of alkyl halides is 3. The first-order valence-electron chi connectivity index (χ1n) is 11.4. The van der Waals surface area contributed by atoms with Crippen LogP contribution < -0.4 is 10.6 Å². The zero-order valence-corrected chi connectivity index (χ0v) is 20.6. The lowest BCUT2D eigenvalue weighted by molar-refractivity contribution is -0.141. The molecule has 1 unspecified atom stereocenters. The first-order chi connectivity index (χ1) is 18.0. The van der Waals surface area contributed by atoms with Gasteiger partial charge in [-0.1, -0.05) is 41.9 Å². The standard InChI is InChI=1S/C27H21ClF4N4O2/c1-16(17-10-11-22(23(29)12-17)26(38)34-19-7-3-2-4-8-19)25(37)33-15-21-14-24(27(30,31)32)35-36(21)20-9-5-6-18(28)13-20/h2-14,16H,15H2,1H3,(H,33,37)(H,34,38). The van der Waals surface area contributed by atoms with E-state index < -0.39 is 35.4 Å². The summed E-state index contributed by atoms with van der Waals surface area (Å²) in [4.78, 5) is 25.2. The second-order valence-electron chi connectivity index (χ2n) is 8.41. The number of hydrogen-bond acceptors (Lipinski definition) is 3. The summed E-state index contributed by atoms with van der Waals surface area (Å²) in [5, 5.41) is 9.10. The van der Waals surface area contributed by atoms with Crippen LogP contribution in [0.2, 0.25) is 5.02 Å². The van der Waals surface area contributed by atoms with Crippen LogP contribution in [0.5, 0.6) is 0 Å². The van der Waals surface area contributed by atoms with Crippen LogP contribution in [0.3, 0.4) is 0 Å². The molecule has 11 heteroatoms. The molecule has 6 nitrogen and oxygen atoms in total. The van der Waals surface area contributed by atoms with Gasteiger partial charge in [0.25, 0.3) is 5.91 Å². The van der Waals surface area contributed by atoms with Crippen LogP contribution in [0.4, 0.5) is 23.2 Å². The Kier molecular flexibility index (Phi) is 7.82. The Morgan fingerprint density at radius 1 is 1.00 bits per heavy atom. The second-order valence-corrected chi connectivity index (χ2v) is 8.85. The van der Waals surface area contributed by atoms with Crippen LogP contribution in [0.1, 0.15) is 40.2 Å². The van der Waals surface area contributed by atoms with Gasteiger partial charge in [-0.3, -0.25) is 9.59 Å². The van der Waals surface area contributed by atoms with E-state index in [0.29, 0.717) is 10.7 Å². The molecule has 0 spiro atoms. The van der Waals surface area contributed by atoms with Gasteiger partial charge in [0.2, 0.25) is 5.91 Å². The van der Waals surface area contributed by atoms with E-state index in [4.69, 9.17) is 11.6 Å². The van der Waals surface area contributed by atoms with Crippen molar-refractivity contribution in [2.24, 2.45) is 0 Å². The fourth-order valence-corrected chi connectivity index (χ4v) is 3.89. The highest BCUT2D eigenvalue weighted by molar-refractivity contribution is 6.30. The number of benzene rings is 3. The quantitative estimate of drug-likeness (QED) is 0.266. The molecule has 38 heavy (non-hydrogen) atoms. The average molecular weight is 545 g/mol. The van der Waals surface area contributed by atoms with Crippen LogP contribution >= 0.6 is 11.6 Å². The third-order valence-corrected chi connectivity index (χ3v) is 5.97. The molecule has 2 N–H and O–H groups in total. The van der Waals surface area contributed by atoms with E-state index in [-0.39, 0.29) is 29.1 Å². The molecule has 0 saturated carbocycles. The monoisotopic (exact) mass is 544 g/mol. The number of anilines is 1. The Bertz CT molecular complexity index is 1470. The van der Waals surface area contributed by atoms with Crippen LogP contribution in [-0.4, -0.2) is 21.6 Å². The first-order valence-corrected chi connectivity index (χ1v) is 11.8. The minimum Gasteiger partial charge on any atom is -0.350 e. The van der Waals surface area contributed by atoms with Crippen LogP contribution in [0.15, 0.2) is 78.9 Å². The topological polar surface area (TPSA) is 76.0 Å². The first kappa shape index (κ1) is 26.9. The average Bonchev–Trinajstić information content (AvgIpc) is 3.32. The molecule has 2 amide bonds. The van der Waals surface area contributed by atoms with Crippen molar-refractivity contribution in [1.29, 1.82) is 0 Å². The second kappa shape index (κ2) is 11.1. The summed E-state index contributed by atoms with van der Waals surface area (Å²) >= 11 is 5.98. The van der Waals surface area contributed by atoms with Gasteiger partial charge >= 0.3 is 6.18 Å². The number of halogens is 5. The van der Waals surface area contributed by atoms with Crippen molar-refractivity contribution in [3.8, 4) is 5.69 Å². The Morgan fingerprint density at radius 3 is 2.39 bits per heavy atom. The van der Waals surface area contributed by atoms with E-state index >= 15 is 0 Å². The van der Waals surface area contributed by atoms with Gasteiger partial charge in [-0.15, -0.1) is 0 Å². The lowest BCUT2D eigenvalue weighted by Crippen LogP contribution is -2.28. The molecule has 0 aliphatic heterocycles. The number of carbonyl (C=O) groups is 2. The van der Waals surface area contributed by atoms with E-state index in [9.17, 15) is 27.2 Å². The van der Waals surface area contributed by atoms with Gasteiger partial charge in [-0.25, -0.2) is 9.07 Å². The summed E-state index contributed by atoms with van der Waals surface area (Å²) < 4.78 is 55.8. The summed E-state index contributed by atoms with van der Waals surface area (Å²) in [6, 6.07) is 19.3. The third kappa shape index (κ3) is 6.20. The molecule has 1 aromatic heterocycles. The SMILES string of the molecule is CC(C(=O)NCc1cc(C(F)(F)F)nn1-c1cccc(Cl)c1)c1ccc(C(=O)Nc2ccccc2)c(F)c1. The van der Waals surface area contributed by atoms with E-state index in [1.807, 2.05) is 0 Å². The number of rotatable bonds is 7. The molecule has 4 aromatic rings. The third-order valence-electron chi connectivity index (χ3n) is 5.73. The highest BCUT2D eigenvalue weighted by Crippen LogP contribution is 2.30. The van der Waals surface area contributed by atoms with Crippen LogP contribution in [0, 0.1) is 5.82 Å². The number of para-hydroxylation sites is 1.